The molecule has 3 nitrogen and oxygen atoms in total. The first-order valence-electron chi connectivity index (χ1n) is 4.83. The molecular weight excluding hydrogens is 216 g/mol. The van der Waals surface area contributed by atoms with E-state index in [9.17, 15) is 8.78 Å². The Hall–Kier alpha value is -1.20. The van der Waals surface area contributed by atoms with E-state index in [1.54, 1.807) is 0 Å². The van der Waals surface area contributed by atoms with E-state index in [4.69, 9.17) is 9.47 Å². The van der Waals surface area contributed by atoms with Crippen LogP contribution in [0.4, 0.5) is 14.5 Å². The lowest BCUT2D eigenvalue weighted by Gasteiger charge is -2.15. The number of hydrogen-bond acceptors (Lipinski definition) is 3. The third kappa shape index (κ3) is 3.15. The summed E-state index contributed by atoms with van der Waals surface area (Å²) in [6.45, 7) is 1.75. The Morgan fingerprint density at radius 1 is 1.19 bits per heavy atom. The number of hydrogen-bond donors (Lipinski definition) is 1. The van der Waals surface area contributed by atoms with Crippen LogP contribution in [0, 0.1) is 18.6 Å². The number of anilines is 1. The molecule has 0 radical (unpaired) electrons. The lowest BCUT2D eigenvalue weighted by atomic mass is 10.2. The first kappa shape index (κ1) is 12.9. The molecule has 0 heterocycles. The minimum Gasteiger partial charge on any atom is -0.377 e. The Labute approximate surface area is 93.4 Å². The fraction of sp³-hybridized carbons (Fsp3) is 0.455. The van der Waals surface area contributed by atoms with E-state index in [-0.39, 0.29) is 17.8 Å². The van der Waals surface area contributed by atoms with Gasteiger partial charge in [0.2, 0.25) is 0 Å². The number of halogens is 2. The zero-order valence-electron chi connectivity index (χ0n) is 9.51. The van der Waals surface area contributed by atoms with E-state index in [2.05, 4.69) is 5.32 Å². The number of aryl methyl sites for hydroxylation is 1. The SMILES string of the molecule is COC(CNc1cc(F)c(C)cc1F)OC. The summed E-state index contributed by atoms with van der Waals surface area (Å²) in [5.41, 5.74) is 0.375. The van der Waals surface area contributed by atoms with Gasteiger partial charge < -0.3 is 14.8 Å². The lowest BCUT2D eigenvalue weighted by Crippen LogP contribution is -2.24. The summed E-state index contributed by atoms with van der Waals surface area (Å²) in [6, 6.07) is 2.26. The molecule has 5 heteroatoms. The van der Waals surface area contributed by atoms with Gasteiger partial charge in [-0.15, -0.1) is 0 Å². The Kier molecular flexibility index (Phi) is 4.64. The molecule has 0 spiro atoms. The van der Waals surface area contributed by atoms with Gasteiger partial charge in [0, 0.05) is 20.3 Å². The Morgan fingerprint density at radius 3 is 2.38 bits per heavy atom. The van der Waals surface area contributed by atoms with Crippen LogP contribution >= 0.6 is 0 Å². The summed E-state index contributed by atoms with van der Waals surface area (Å²) in [6.07, 6.45) is -0.497. The summed E-state index contributed by atoms with van der Waals surface area (Å²) < 4.78 is 36.4. The average molecular weight is 231 g/mol. The monoisotopic (exact) mass is 231 g/mol. The van der Waals surface area contributed by atoms with Crippen molar-refractivity contribution in [2.75, 3.05) is 26.1 Å². The summed E-state index contributed by atoms with van der Waals surface area (Å²) in [5, 5.41) is 2.72. The highest BCUT2D eigenvalue weighted by molar-refractivity contribution is 5.46. The van der Waals surface area contributed by atoms with Crippen molar-refractivity contribution in [1.29, 1.82) is 0 Å². The Bertz CT molecular complexity index is 354. The zero-order chi connectivity index (χ0) is 12.1. The largest absolute Gasteiger partial charge is 0.377 e. The molecule has 1 aromatic rings. The number of ether oxygens (including phenoxy) is 2. The van der Waals surface area contributed by atoms with E-state index in [1.807, 2.05) is 0 Å². The van der Waals surface area contributed by atoms with Crippen molar-refractivity contribution in [3.05, 3.63) is 29.3 Å². The van der Waals surface area contributed by atoms with Crippen LogP contribution in [-0.2, 0) is 9.47 Å². The smallest absolute Gasteiger partial charge is 0.173 e. The molecule has 0 aliphatic carbocycles. The normalized spacial score (nSPS) is 10.9. The Balaban J connectivity index is 2.70. The standard InChI is InChI=1S/C11H15F2NO2/c1-7-4-9(13)10(5-8(7)12)14-6-11(15-2)16-3/h4-5,11,14H,6H2,1-3H3. The second-order valence-electron chi connectivity index (χ2n) is 3.36. The molecule has 16 heavy (non-hydrogen) atoms. The van der Waals surface area contributed by atoms with Gasteiger partial charge in [-0.25, -0.2) is 8.78 Å². The fourth-order valence-corrected chi connectivity index (χ4v) is 1.24. The molecule has 0 fully saturated rings. The van der Waals surface area contributed by atoms with Crippen molar-refractivity contribution in [3.8, 4) is 0 Å². The number of benzene rings is 1. The molecule has 0 bridgehead atoms. The second kappa shape index (κ2) is 5.77. The molecule has 90 valence electrons. The first-order chi connectivity index (χ1) is 7.58. The third-order valence-corrected chi connectivity index (χ3v) is 2.23. The molecule has 1 rings (SSSR count). The van der Waals surface area contributed by atoms with Gasteiger partial charge in [-0.3, -0.25) is 0 Å². The van der Waals surface area contributed by atoms with Crippen molar-refractivity contribution < 1.29 is 18.3 Å². The van der Waals surface area contributed by atoms with Crippen molar-refractivity contribution >= 4 is 5.69 Å². The fourth-order valence-electron chi connectivity index (χ4n) is 1.24. The molecular formula is C11H15F2NO2. The van der Waals surface area contributed by atoms with Crippen molar-refractivity contribution in [3.63, 3.8) is 0 Å². The molecule has 0 aliphatic rings. The maximum atomic E-state index is 13.4. The van der Waals surface area contributed by atoms with Gasteiger partial charge in [-0.2, -0.15) is 0 Å². The van der Waals surface area contributed by atoms with Gasteiger partial charge in [0.1, 0.15) is 11.6 Å². The molecule has 0 aromatic heterocycles. The summed E-state index contributed by atoms with van der Waals surface area (Å²) in [4.78, 5) is 0. The minimum atomic E-state index is -0.497. The minimum absolute atomic E-state index is 0.0993. The van der Waals surface area contributed by atoms with Crippen molar-refractivity contribution in [2.24, 2.45) is 0 Å². The first-order valence-corrected chi connectivity index (χ1v) is 4.83. The van der Waals surface area contributed by atoms with Crippen LogP contribution in [0.1, 0.15) is 5.56 Å². The quantitative estimate of drug-likeness (QED) is 0.789. The van der Waals surface area contributed by atoms with Gasteiger partial charge in [-0.05, 0) is 18.6 Å². The van der Waals surface area contributed by atoms with Gasteiger partial charge >= 0.3 is 0 Å². The molecule has 1 aromatic carbocycles. The van der Waals surface area contributed by atoms with Crippen LogP contribution in [-0.4, -0.2) is 27.1 Å². The van der Waals surface area contributed by atoms with Gasteiger partial charge in [0.25, 0.3) is 0 Å². The molecule has 0 unspecified atom stereocenters. The molecule has 0 amide bonds. The maximum Gasteiger partial charge on any atom is 0.173 e. The van der Waals surface area contributed by atoms with E-state index in [0.29, 0.717) is 0 Å². The van der Waals surface area contributed by atoms with Crippen LogP contribution < -0.4 is 5.32 Å². The van der Waals surface area contributed by atoms with Crippen LogP contribution in [0.3, 0.4) is 0 Å². The van der Waals surface area contributed by atoms with Crippen molar-refractivity contribution in [1.82, 2.24) is 0 Å². The topological polar surface area (TPSA) is 30.5 Å². The average Bonchev–Trinajstić information content (AvgIpc) is 2.26. The summed E-state index contributed by atoms with van der Waals surface area (Å²) >= 11 is 0. The highest BCUT2D eigenvalue weighted by Gasteiger charge is 2.09. The van der Waals surface area contributed by atoms with Crippen LogP contribution in [0.15, 0.2) is 12.1 Å². The number of rotatable bonds is 5. The molecule has 1 N–H and O–H groups in total. The number of nitrogens with one attached hydrogen (secondary N) is 1. The molecule has 0 saturated heterocycles. The van der Waals surface area contributed by atoms with E-state index >= 15 is 0 Å². The predicted octanol–water partition coefficient (Wildman–Crippen LogP) is 2.30. The van der Waals surface area contributed by atoms with Crippen LogP contribution in [0.5, 0.6) is 0 Å². The van der Waals surface area contributed by atoms with Crippen LogP contribution in [0.25, 0.3) is 0 Å². The van der Waals surface area contributed by atoms with Crippen LogP contribution in [0.2, 0.25) is 0 Å². The van der Waals surface area contributed by atoms with Crippen molar-refractivity contribution in [2.45, 2.75) is 13.2 Å². The van der Waals surface area contributed by atoms with Gasteiger partial charge in [0.15, 0.2) is 6.29 Å². The zero-order valence-corrected chi connectivity index (χ0v) is 9.51. The second-order valence-corrected chi connectivity index (χ2v) is 3.36. The molecule has 0 saturated carbocycles. The summed E-state index contributed by atoms with van der Waals surface area (Å²) in [7, 11) is 2.95. The highest BCUT2D eigenvalue weighted by Crippen LogP contribution is 2.18. The lowest BCUT2D eigenvalue weighted by molar-refractivity contribution is -0.0914. The van der Waals surface area contributed by atoms with E-state index in [0.717, 1.165) is 12.1 Å². The summed E-state index contributed by atoms with van der Waals surface area (Å²) in [5.74, 6) is -0.944. The molecule has 0 aliphatic heterocycles. The maximum absolute atomic E-state index is 13.4. The predicted molar refractivity (Wildman–Crippen MR) is 57.4 cm³/mol. The highest BCUT2D eigenvalue weighted by atomic mass is 19.1. The van der Waals surface area contributed by atoms with Gasteiger partial charge in [0.05, 0.1) is 12.2 Å². The third-order valence-electron chi connectivity index (χ3n) is 2.23. The van der Waals surface area contributed by atoms with E-state index in [1.165, 1.54) is 21.1 Å². The Morgan fingerprint density at radius 2 is 1.81 bits per heavy atom. The molecule has 0 atom stereocenters. The van der Waals surface area contributed by atoms with Gasteiger partial charge in [-0.1, -0.05) is 0 Å². The number of methoxy groups -OCH3 is 2. The van der Waals surface area contributed by atoms with E-state index < -0.39 is 17.9 Å².